The molecule has 1 amide bonds. The van der Waals surface area contributed by atoms with Gasteiger partial charge in [0.25, 0.3) is 5.91 Å². The number of hydrogen-bond acceptors (Lipinski definition) is 7. The Morgan fingerprint density at radius 1 is 1.10 bits per heavy atom. The van der Waals surface area contributed by atoms with E-state index in [9.17, 15) is 13.2 Å². The van der Waals surface area contributed by atoms with Crippen LogP contribution in [0.4, 0.5) is 0 Å². The van der Waals surface area contributed by atoms with Crippen molar-refractivity contribution < 1.29 is 17.6 Å². The zero-order valence-corrected chi connectivity index (χ0v) is 18.6. The van der Waals surface area contributed by atoms with E-state index in [4.69, 9.17) is 9.40 Å². The average Bonchev–Trinajstić information content (AvgIpc) is 3.13. The SMILES string of the molecule is CS(=O)(=O)C1(c2ccc(C(=O)NC34CC(c5nsc(-c6ccccc6)n5)(C3)C4)o2)CC1. The third kappa shape index (κ3) is 2.75. The van der Waals surface area contributed by atoms with E-state index >= 15 is 0 Å². The molecule has 2 heterocycles. The molecular formula is C22H21N3O4S2. The molecule has 2 bridgehead atoms. The number of rotatable bonds is 6. The highest BCUT2D eigenvalue weighted by molar-refractivity contribution is 7.91. The molecule has 4 fully saturated rings. The van der Waals surface area contributed by atoms with E-state index in [0.29, 0.717) is 18.6 Å². The van der Waals surface area contributed by atoms with Gasteiger partial charge in [0.1, 0.15) is 21.3 Å². The highest BCUT2D eigenvalue weighted by Crippen LogP contribution is 2.67. The second kappa shape index (κ2) is 6.04. The number of furan rings is 1. The molecular weight excluding hydrogens is 434 g/mol. The van der Waals surface area contributed by atoms with Gasteiger partial charge in [0.05, 0.1) is 0 Å². The first-order valence-electron chi connectivity index (χ1n) is 10.3. The Balaban J connectivity index is 1.13. The summed E-state index contributed by atoms with van der Waals surface area (Å²) in [6.45, 7) is 0. The highest BCUT2D eigenvalue weighted by atomic mass is 32.2. The van der Waals surface area contributed by atoms with Crippen molar-refractivity contribution in [1.82, 2.24) is 14.7 Å². The summed E-state index contributed by atoms with van der Waals surface area (Å²) in [5.74, 6) is 1.12. The molecule has 0 unspecified atom stereocenters. The summed E-state index contributed by atoms with van der Waals surface area (Å²) in [6, 6.07) is 13.2. The number of amides is 1. The molecule has 1 aromatic carbocycles. The molecule has 7 nitrogen and oxygen atoms in total. The van der Waals surface area contributed by atoms with Gasteiger partial charge in [0.2, 0.25) is 0 Å². The Hall–Kier alpha value is -2.52. The van der Waals surface area contributed by atoms with E-state index in [1.54, 1.807) is 12.1 Å². The van der Waals surface area contributed by atoms with Crippen molar-refractivity contribution in [3.05, 3.63) is 59.8 Å². The number of benzene rings is 1. The van der Waals surface area contributed by atoms with E-state index in [1.165, 1.54) is 17.8 Å². The van der Waals surface area contributed by atoms with Crippen LogP contribution in [0.25, 0.3) is 10.6 Å². The minimum absolute atomic E-state index is 0.0422. The lowest BCUT2D eigenvalue weighted by molar-refractivity contribution is -0.0860. The maximum atomic E-state index is 12.7. The number of carbonyl (C=O) groups excluding carboxylic acids is 1. The third-order valence-electron chi connectivity index (χ3n) is 7.02. The van der Waals surface area contributed by atoms with Crippen molar-refractivity contribution in [2.24, 2.45) is 0 Å². The first-order valence-corrected chi connectivity index (χ1v) is 12.9. The van der Waals surface area contributed by atoms with Crippen LogP contribution in [0.3, 0.4) is 0 Å². The number of hydrogen-bond donors (Lipinski definition) is 1. The van der Waals surface area contributed by atoms with E-state index in [-0.39, 0.29) is 22.6 Å². The molecule has 4 saturated carbocycles. The Labute approximate surface area is 184 Å². The van der Waals surface area contributed by atoms with E-state index in [2.05, 4.69) is 9.69 Å². The maximum absolute atomic E-state index is 12.7. The summed E-state index contributed by atoms with van der Waals surface area (Å²) in [6.07, 6.45) is 4.75. The van der Waals surface area contributed by atoms with Crippen LogP contribution in [0.5, 0.6) is 0 Å². The number of carbonyl (C=O) groups is 1. The van der Waals surface area contributed by atoms with E-state index in [1.807, 2.05) is 30.3 Å². The van der Waals surface area contributed by atoms with Crippen LogP contribution < -0.4 is 5.32 Å². The Kier molecular flexibility index (Phi) is 3.74. The highest BCUT2D eigenvalue weighted by Gasteiger charge is 2.71. The average molecular weight is 456 g/mol. The summed E-state index contributed by atoms with van der Waals surface area (Å²) >= 11 is 1.41. The molecule has 0 aliphatic heterocycles. The Morgan fingerprint density at radius 2 is 1.81 bits per heavy atom. The fraction of sp³-hybridized carbons (Fsp3) is 0.409. The third-order valence-corrected chi connectivity index (χ3v) is 9.82. The van der Waals surface area contributed by atoms with Gasteiger partial charge in [-0.25, -0.2) is 13.4 Å². The first-order chi connectivity index (χ1) is 14.7. The lowest BCUT2D eigenvalue weighted by Gasteiger charge is -2.69. The summed E-state index contributed by atoms with van der Waals surface area (Å²) in [4.78, 5) is 17.5. The molecule has 0 radical (unpaired) electrons. The topological polar surface area (TPSA) is 102 Å². The van der Waals surface area contributed by atoms with Crippen LogP contribution in [0, 0.1) is 0 Å². The number of nitrogens with one attached hydrogen (secondary N) is 1. The predicted octanol–water partition coefficient (Wildman–Crippen LogP) is 3.44. The second-order valence-corrected chi connectivity index (χ2v) is 12.3. The van der Waals surface area contributed by atoms with Crippen molar-refractivity contribution in [2.45, 2.75) is 47.8 Å². The smallest absolute Gasteiger partial charge is 0.287 e. The quantitative estimate of drug-likeness (QED) is 0.611. The predicted molar refractivity (Wildman–Crippen MR) is 116 cm³/mol. The zero-order chi connectivity index (χ0) is 21.5. The summed E-state index contributed by atoms with van der Waals surface area (Å²) in [5, 5.41) is 4.02. The molecule has 160 valence electrons. The van der Waals surface area contributed by atoms with Gasteiger partial charge in [-0.15, -0.1) is 0 Å². The fourth-order valence-electron chi connectivity index (χ4n) is 5.22. The molecule has 0 spiro atoms. The lowest BCUT2D eigenvalue weighted by atomic mass is 9.39. The summed E-state index contributed by atoms with van der Waals surface area (Å²) < 4.78 is 33.5. The minimum atomic E-state index is -3.27. The van der Waals surface area contributed by atoms with Crippen molar-refractivity contribution in [2.75, 3.05) is 6.26 Å². The van der Waals surface area contributed by atoms with Crippen LogP contribution >= 0.6 is 11.5 Å². The molecule has 1 N–H and O–H groups in total. The number of sulfone groups is 1. The zero-order valence-electron chi connectivity index (χ0n) is 16.9. The van der Waals surface area contributed by atoms with E-state index in [0.717, 1.165) is 35.7 Å². The van der Waals surface area contributed by atoms with E-state index < -0.39 is 14.6 Å². The minimum Gasteiger partial charge on any atom is -0.454 e. The van der Waals surface area contributed by atoms with Gasteiger partial charge in [0.15, 0.2) is 15.6 Å². The number of aromatic nitrogens is 2. The van der Waals surface area contributed by atoms with Crippen LogP contribution in [-0.2, 0) is 20.0 Å². The first kappa shape index (κ1) is 19.2. The molecule has 4 aliphatic rings. The molecule has 3 aromatic rings. The molecule has 31 heavy (non-hydrogen) atoms. The van der Waals surface area contributed by atoms with Crippen molar-refractivity contribution in [1.29, 1.82) is 0 Å². The lowest BCUT2D eigenvalue weighted by Crippen LogP contribution is -2.77. The molecule has 9 heteroatoms. The van der Waals surface area contributed by atoms with Gasteiger partial charge in [-0.2, -0.15) is 4.37 Å². The second-order valence-electron chi connectivity index (χ2n) is 9.26. The van der Waals surface area contributed by atoms with Crippen LogP contribution in [0.15, 0.2) is 46.9 Å². The summed E-state index contributed by atoms with van der Waals surface area (Å²) in [5.41, 5.74) is 0.785. The van der Waals surface area contributed by atoms with Gasteiger partial charge in [-0.3, -0.25) is 4.79 Å². The molecule has 4 aliphatic carbocycles. The maximum Gasteiger partial charge on any atom is 0.287 e. The van der Waals surface area contributed by atoms with Gasteiger partial charge in [-0.05, 0) is 55.8 Å². The Bertz CT molecular complexity index is 1290. The molecule has 2 aromatic heterocycles. The van der Waals surface area contributed by atoms with Crippen LogP contribution in [0.1, 0.15) is 54.2 Å². The van der Waals surface area contributed by atoms with Crippen molar-refractivity contribution in [3.63, 3.8) is 0 Å². The number of nitrogens with zero attached hydrogens (tertiary/aromatic N) is 2. The monoisotopic (exact) mass is 455 g/mol. The molecule has 0 saturated heterocycles. The Morgan fingerprint density at radius 3 is 2.45 bits per heavy atom. The van der Waals surface area contributed by atoms with Crippen molar-refractivity contribution >= 4 is 27.3 Å². The normalized spacial score (nSPS) is 27.8. The molecule has 7 rings (SSSR count). The van der Waals surface area contributed by atoms with Crippen molar-refractivity contribution in [3.8, 4) is 10.6 Å². The van der Waals surface area contributed by atoms with Gasteiger partial charge < -0.3 is 9.73 Å². The van der Waals surface area contributed by atoms with Gasteiger partial charge >= 0.3 is 0 Å². The fourth-order valence-corrected chi connectivity index (χ4v) is 7.31. The van der Waals surface area contributed by atoms with Crippen LogP contribution in [0.2, 0.25) is 0 Å². The molecule has 0 atom stereocenters. The summed E-state index contributed by atoms with van der Waals surface area (Å²) in [7, 11) is -3.27. The van der Waals surface area contributed by atoms with Gasteiger partial charge in [0, 0.05) is 22.8 Å². The van der Waals surface area contributed by atoms with Gasteiger partial charge in [-0.1, -0.05) is 30.3 Å². The standard InChI is InChI=1S/C22H21N3O4S2/c1-31(27,28)22(9-10-22)16-8-7-15(29-16)17(26)24-21-11-20(12-21,13-21)19-23-18(30-25-19)14-5-3-2-4-6-14/h2-8H,9-13H2,1H3,(H,24,26). The largest absolute Gasteiger partial charge is 0.454 e. The van der Waals surface area contributed by atoms with Crippen LogP contribution in [-0.4, -0.2) is 35.5 Å².